The Morgan fingerprint density at radius 3 is 2.35 bits per heavy atom. The van der Waals surface area contributed by atoms with Crippen LogP contribution in [0.25, 0.3) is 0 Å². The standard InChI is InChI=1S/C12H8O5/c13-11(14)8-3-5-9(6-4-8)17-12(15)10-2-1-7-16-10/h1-7H,(H,13,14). The minimum Gasteiger partial charge on any atom is -0.478 e. The molecule has 0 aliphatic carbocycles. The fourth-order valence-electron chi connectivity index (χ4n) is 1.22. The van der Waals surface area contributed by atoms with Gasteiger partial charge in [-0.2, -0.15) is 0 Å². The smallest absolute Gasteiger partial charge is 0.379 e. The summed E-state index contributed by atoms with van der Waals surface area (Å²) in [5, 5.41) is 8.69. The average Bonchev–Trinajstić information content (AvgIpc) is 2.83. The molecule has 1 N–H and O–H groups in total. The highest BCUT2D eigenvalue weighted by Gasteiger charge is 2.11. The molecule has 5 nitrogen and oxygen atoms in total. The molecule has 0 radical (unpaired) electrons. The molecule has 1 aromatic carbocycles. The second kappa shape index (κ2) is 4.52. The number of carbonyl (C=O) groups excluding carboxylic acids is 1. The zero-order chi connectivity index (χ0) is 12.3. The third kappa shape index (κ3) is 2.52. The number of esters is 1. The van der Waals surface area contributed by atoms with Crippen LogP contribution in [0.4, 0.5) is 0 Å². The average molecular weight is 232 g/mol. The molecule has 0 bridgehead atoms. The zero-order valence-electron chi connectivity index (χ0n) is 8.62. The van der Waals surface area contributed by atoms with Crippen LogP contribution in [0.5, 0.6) is 5.75 Å². The molecule has 0 aliphatic rings. The van der Waals surface area contributed by atoms with Crippen LogP contribution in [0.15, 0.2) is 47.1 Å². The van der Waals surface area contributed by atoms with Crippen molar-refractivity contribution in [2.75, 3.05) is 0 Å². The third-order valence-corrected chi connectivity index (χ3v) is 2.03. The number of rotatable bonds is 3. The van der Waals surface area contributed by atoms with E-state index in [-0.39, 0.29) is 17.1 Å². The summed E-state index contributed by atoms with van der Waals surface area (Å²) in [5.74, 6) is -1.31. The van der Waals surface area contributed by atoms with Crippen LogP contribution in [-0.2, 0) is 0 Å². The summed E-state index contributed by atoms with van der Waals surface area (Å²) in [6, 6.07) is 8.58. The molecule has 0 amide bonds. The van der Waals surface area contributed by atoms with Gasteiger partial charge in [-0.1, -0.05) is 0 Å². The van der Waals surface area contributed by atoms with Gasteiger partial charge in [0.2, 0.25) is 5.76 Å². The number of carbonyl (C=O) groups is 2. The number of furan rings is 1. The Morgan fingerprint density at radius 1 is 1.12 bits per heavy atom. The van der Waals surface area contributed by atoms with Crippen LogP contribution in [0.3, 0.4) is 0 Å². The summed E-state index contributed by atoms with van der Waals surface area (Å²) in [7, 11) is 0. The Morgan fingerprint density at radius 2 is 1.82 bits per heavy atom. The fraction of sp³-hybridized carbons (Fsp3) is 0. The van der Waals surface area contributed by atoms with E-state index in [2.05, 4.69) is 0 Å². The number of ether oxygens (including phenoxy) is 1. The van der Waals surface area contributed by atoms with E-state index in [1.165, 1.54) is 36.6 Å². The Balaban J connectivity index is 2.09. The molecule has 0 fully saturated rings. The van der Waals surface area contributed by atoms with Crippen molar-refractivity contribution in [1.29, 1.82) is 0 Å². The predicted octanol–water partition coefficient (Wildman–Crippen LogP) is 2.20. The Labute approximate surface area is 96.2 Å². The maximum absolute atomic E-state index is 11.5. The summed E-state index contributed by atoms with van der Waals surface area (Å²) in [6.07, 6.45) is 1.37. The van der Waals surface area contributed by atoms with Gasteiger partial charge in [-0.25, -0.2) is 9.59 Å². The van der Waals surface area contributed by atoms with E-state index in [1.807, 2.05) is 0 Å². The van der Waals surface area contributed by atoms with E-state index in [0.717, 1.165) is 0 Å². The number of aromatic carboxylic acids is 1. The first-order valence-corrected chi connectivity index (χ1v) is 4.76. The van der Waals surface area contributed by atoms with Crippen molar-refractivity contribution in [2.24, 2.45) is 0 Å². The highest BCUT2D eigenvalue weighted by molar-refractivity contribution is 5.89. The number of hydrogen-bond donors (Lipinski definition) is 1. The lowest BCUT2D eigenvalue weighted by molar-refractivity contribution is 0.0694. The number of carboxylic acids is 1. The number of carboxylic acid groups (broad SMARTS) is 1. The van der Waals surface area contributed by atoms with Crippen LogP contribution in [0.1, 0.15) is 20.9 Å². The van der Waals surface area contributed by atoms with Crippen molar-refractivity contribution < 1.29 is 23.8 Å². The van der Waals surface area contributed by atoms with E-state index in [0.29, 0.717) is 0 Å². The van der Waals surface area contributed by atoms with Gasteiger partial charge in [-0.05, 0) is 36.4 Å². The van der Waals surface area contributed by atoms with Gasteiger partial charge < -0.3 is 14.3 Å². The lowest BCUT2D eigenvalue weighted by atomic mass is 10.2. The molecular weight excluding hydrogens is 224 g/mol. The van der Waals surface area contributed by atoms with Gasteiger partial charge in [0.25, 0.3) is 0 Å². The molecule has 0 saturated heterocycles. The van der Waals surface area contributed by atoms with Gasteiger partial charge in [-0.3, -0.25) is 0 Å². The summed E-state index contributed by atoms with van der Waals surface area (Å²) < 4.78 is 9.83. The van der Waals surface area contributed by atoms with Gasteiger partial charge in [0.1, 0.15) is 5.75 Å². The van der Waals surface area contributed by atoms with Gasteiger partial charge >= 0.3 is 11.9 Å². The molecule has 1 heterocycles. The zero-order valence-corrected chi connectivity index (χ0v) is 8.62. The van der Waals surface area contributed by atoms with Crippen LogP contribution in [0.2, 0.25) is 0 Å². The predicted molar refractivity (Wildman–Crippen MR) is 57.1 cm³/mol. The molecule has 0 spiro atoms. The minimum atomic E-state index is -1.03. The molecular formula is C12H8O5. The van der Waals surface area contributed by atoms with Crippen LogP contribution >= 0.6 is 0 Å². The Kier molecular flexibility index (Phi) is 2.91. The van der Waals surface area contributed by atoms with Gasteiger partial charge in [-0.15, -0.1) is 0 Å². The minimum absolute atomic E-state index is 0.0901. The van der Waals surface area contributed by atoms with E-state index >= 15 is 0 Å². The molecule has 0 aliphatic heterocycles. The highest BCUT2D eigenvalue weighted by atomic mass is 16.5. The molecule has 2 rings (SSSR count). The summed E-state index contributed by atoms with van der Waals surface area (Å²) in [5.41, 5.74) is 0.128. The van der Waals surface area contributed by atoms with E-state index < -0.39 is 11.9 Å². The fourth-order valence-corrected chi connectivity index (χ4v) is 1.22. The molecule has 5 heteroatoms. The first-order chi connectivity index (χ1) is 8.16. The quantitative estimate of drug-likeness (QED) is 0.648. The largest absolute Gasteiger partial charge is 0.478 e. The number of hydrogen-bond acceptors (Lipinski definition) is 4. The SMILES string of the molecule is O=C(O)c1ccc(OC(=O)c2ccco2)cc1. The molecule has 86 valence electrons. The normalized spacial score (nSPS) is 9.88. The van der Waals surface area contributed by atoms with Crippen molar-refractivity contribution >= 4 is 11.9 Å². The van der Waals surface area contributed by atoms with E-state index in [4.69, 9.17) is 14.3 Å². The summed E-state index contributed by atoms with van der Waals surface area (Å²) >= 11 is 0. The monoisotopic (exact) mass is 232 g/mol. The lowest BCUT2D eigenvalue weighted by Gasteiger charge is -2.02. The topological polar surface area (TPSA) is 76.7 Å². The number of benzene rings is 1. The highest BCUT2D eigenvalue weighted by Crippen LogP contribution is 2.14. The first kappa shape index (κ1) is 10.9. The lowest BCUT2D eigenvalue weighted by Crippen LogP contribution is -2.07. The summed E-state index contributed by atoms with van der Waals surface area (Å²) in [4.78, 5) is 22.1. The third-order valence-electron chi connectivity index (χ3n) is 2.03. The van der Waals surface area contributed by atoms with Crippen molar-refractivity contribution in [2.45, 2.75) is 0 Å². The molecule has 0 atom stereocenters. The van der Waals surface area contributed by atoms with Crippen molar-refractivity contribution in [3.05, 3.63) is 54.0 Å². The maximum Gasteiger partial charge on any atom is 0.379 e. The van der Waals surface area contributed by atoms with Crippen molar-refractivity contribution in [3.8, 4) is 5.75 Å². The van der Waals surface area contributed by atoms with E-state index in [1.54, 1.807) is 6.07 Å². The Hall–Kier alpha value is -2.56. The second-order valence-electron chi connectivity index (χ2n) is 3.20. The van der Waals surface area contributed by atoms with E-state index in [9.17, 15) is 9.59 Å². The second-order valence-corrected chi connectivity index (χ2v) is 3.20. The van der Waals surface area contributed by atoms with Crippen molar-refractivity contribution in [3.63, 3.8) is 0 Å². The van der Waals surface area contributed by atoms with Gasteiger partial charge in [0, 0.05) is 0 Å². The summed E-state index contributed by atoms with van der Waals surface area (Å²) in [6.45, 7) is 0. The molecule has 0 unspecified atom stereocenters. The van der Waals surface area contributed by atoms with Crippen molar-refractivity contribution in [1.82, 2.24) is 0 Å². The Bertz CT molecular complexity index is 525. The van der Waals surface area contributed by atoms with Crippen LogP contribution in [0, 0.1) is 0 Å². The molecule has 1 aromatic heterocycles. The van der Waals surface area contributed by atoms with Gasteiger partial charge in [0.15, 0.2) is 0 Å². The molecule has 2 aromatic rings. The van der Waals surface area contributed by atoms with Gasteiger partial charge in [0.05, 0.1) is 11.8 Å². The molecule has 17 heavy (non-hydrogen) atoms. The first-order valence-electron chi connectivity index (χ1n) is 4.76. The maximum atomic E-state index is 11.5. The van der Waals surface area contributed by atoms with Crippen LogP contribution < -0.4 is 4.74 Å². The van der Waals surface area contributed by atoms with Crippen LogP contribution in [-0.4, -0.2) is 17.0 Å². The molecule has 0 saturated carbocycles.